The maximum absolute atomic E-state index is 13.7. The Kier molecular flexibility index (Phi) is 7.23. The van der Waals surface area contributed by atoms with Crippen LogP contribution < -0.4 is 5.32 Å². The third kappa shape index (κ3) is 6.06. The highest BCUT2D eigenvalue weighted by atomic mass is 19.4. The highest BCUT2D eigenvalue weighted by molar-refractivity contribution is 5.98. The number of nitrogens with one attached hydrogen (secondary N) is 1. The van der Waals surface area contributed by atoms with E-state index in [9.17, 15) is 22.8 Å². The van der Waals surface area contributed by atoms with Gasteiger partial charge in [0.25, 0.3) is 11.7 Å². The van der Waals surface area contributed by atoms with Gasteiger partial charge in [-0.3, -0.25) is 4.79 Å². The van der Waals surface area contributed by atoms with Crippen LogP contribution in [0.25, 0.3) is 5.69 Å². The molecule has 1 aliphatic rings. The first-order valence-corrected chi connectivity index (χ1v) is 11.1. The number of alkyl halides is 3. The summed E-state index contributed by atoms with van der Waals surface area (Å²) in [6.07, 6.45) is -2.66. The predicted octanol–water partition coefficient (Wildman–Crippen LogP) is 4.36. The van der Waals surface area contributed by atoms with Crippen LogP contribution in [-0.4, -0.2) is 56.4 Å². The number of aromatic nitrogens is 3. The van der Waals surface area contributed by atoms with E-state index in [1.54, 1.807) is 50.8 Å². The van der Waals surface area contributed by atoms with Gasteiger partial charge >= 0.3 is 12.3 Å². The molecule has 3 rings (SSSR count). The van der Waals surface area contributed by atoms with Crippen LogP contribution in [0.15, 0.2) is 24.5 Å². The summed E-state index contributed by atoms with van der Waals surface area (Å²) in [6.45, 7) is 9.75. The smallest absolute Gasteiger partial charge is 0.444 e. The molecule has 1 unspecified atom stereocenters. The lowest BCUT2D eigenvalue weighted by atomic mass is 9.90. The first kappa shape index (κ1) is 25.5. The summed E-state index contributed by atoms with van der Waals surface area (Å²) in [7, 11) is 0. The zero-order chi connectivity index (χ0) is 25.3. The van der Waals surface area contributed by atoms with Gasteiger partial charge < -0.3 is 15.0 Å². The molecule has 1 aromatic heterocycles. The Bertz CT molecular complexity index is 1050. The third-order valence-electron chi connectivity index (χ3n) is 5.61. The highest BCUT2D eigenvalue weighted by Crippen LogP contribution is 2.29. The number of halogens is 3. The van der Waals surface area contributed by atoms with Crippen LogP contribution in [0.2, 0.25) is 0 Å². The van der Waals surface area contributed by atoms with E-state index in [1.165, 1.54) is 0 Å². The van der Waals surface area contributed by atoms with Gasteiger partial charge in [-0.1, -0.05) is 18.6 Å². The fourth-order valence-electron chi connectivity index (χ4n) is 4.00. The fraction of sp³-hybridized carbons (Fsp3) is 0.565. The van der Waals surface area contributed by atoms with Gasteiger partial charge in [0, 0.05) is 13.1 Å². The van der Waals surface area contributed by atoms with Gasteiger partial charge in [-0.15, -0.1) is 5.10 Å². The topological polar surface area (TPSA) is 89.4 Å². The van der Waals surface area contributed by atoms with Crippen molar-refractivity contribution >= 4 is 12.0 Å². The van der Waals surface area contributed by atoms with Gasteiger partial charge in [-0.05, 0) is 58.6 Å². The maximum atomic E-state index is 13.7. The van der Waals surface area contributed by atoms with Crippen molar-refractivity contribution in [3.05, 3.63) is 41.5 Å². The van der Waals surface area contributed by atoms with Gasteiger partial charge in [0.1, 0.15) is 11.9 Å². The first-order chi connectivity index (χ1) is 15.8. The van der Waals surface area contributed by atoms with Crippen molar-refractivity contribution in [1.82, 2.24) is 25.0 Å². The monoisotopic (exact) mass is 481 g/mol. The average Bonchev–Trinajstić information content (AvgIpc) is 3.21. The minimum Gasteiger partial charge on any atom is -0.444 e. The SMILES string of the molecule is Cc1ccc(-n2cnc(C(F)(F)F)n2)c(C(=O)N2CCC[C@@H](C)C2CNC(=O)OC(C)(C)C)c1. The number of alkyl carbamates (subject to hydrolysis) is 1. The zero-order valence-electron chi connectivity index (χ0n) is 19.9. The number of benzene rings is 1. The second-order valence-corrected chi connectivity index (χ2v) is 9.60. The number of hydrogen-bond donors (Lipinski definition) is 1. The molecular formula is C23H30F3N5O3. The number of nitrogens with zero attached hydrogens (tertiary/aromatic N) is 4. The first-order valence-electron chi connectivity index (χ1n) is 11.1. The van der Waals surface area contributed by atoms with Crippen molar-refractivity contribution in [3.63, 3.8) is 0 Å². The number of ether oxygens (including phenoxy) is 1. The molecule has 2 heterocycles. The number of likely N-dealkylation sites (tertiary alicyclic amines) is 1. The molecule has 1 saturated heterocycles. The lowest BCUT2D eigenvalue weighted by Crippen LogP contribution is -2.53. The van der Waals surface area contributed by atoms with Crippen molar-refractivity contribution in [2.75, 3.05) is 13.1 Å². The highest BCUT2D eigenvalue weighted by Gasteiger charge is 2.37. The molecule has 0 aliphatic carbocycles. The Hall–Kier alpha value is -3.11. The van der Waals surface area contributed by atoms with Crippen molar-refractivity contribution in [3.8, 4) is 5.69 Å². The van der Waals surface area contributed by atoms with Crippen LogP contribution in [0.3, 0.4) is 0 Å². The molecule has 1 aliphatic heterocycles. The van der Waals surface area contributed by atoms with E-state index in [4.69, 9.17) is 4.74 Å². The summed E-state index contributed by atoms with van der Waals surface area (Å²) in [6, 6.07) is 4.58. The van der Waals surface area contributed by atoms with E-state index in [2.05, 4.69) is 15.4 Å². The predicted molar refractivity (Wildman–Crippen MR) is 119 cm³/mol. The van der Waals surface area contributed by atoms with Crippen molar-refractivity contribution in [2.24, 2.45) is 5.92 Å². The van der Waals surface area contributed by atoms with E-state index in [1.807, 2.05) is 6.92 Å². The summed E-state index contributed by atoms with van der Waals surface area (Å²) in [5.74, 6) is -1.52. The lowest BCUT2D eigenvalue weighted by Gasteiger charge is -2.40. The number of carbonyl (C=O) groups is 2. The Labute approximate surface area is 196 Å². The average molecular weight is 482 g/mol. The molecule has 1 fully saturated rings. The number of rotatable bonds is 4. The number of amides is 2. The molecular weight excluding hydrogens is 451 g/mol. The molecule has 34 heavy (non-hydrogen) atoms. The number of aryl methyl sites for hydroxylation is 1. The van der Waals surface area contributed by atoms with E-state index in [0.29, 0.717) is 6.54 Å². The molecule has 0 radical (unpaired) electrons. The summed E-state index contributed by atoms with van der Waals surface area (Å²) < 4.78 is 45.3. The van der Waals surface area contributed by atoms with Crippen LogP contribution in [0.5, 0.6) is 0 Å². The van der Waals surface area contributed by atoms with Crippen LogP contribution in [0, 0.1) is 12.8 Å². The molecule has 8 nitrogen and oxygen atoms in total. The normalized spacial score (nSPS) is 19.1. The molecule has 2 amide bonds. The van der Waals surface area contributed by atoms with Crippen molar-refractivity contribution in [2.45, 2.75) is 65.3 Å². The summed E-state index contributed by atoms with van der Waals surface area (Å²) in [5, 5.41) is 6.28. The van der Waals surface area contributed by atoms with E-state index < -0.39 is 23.7 Å². The van der Waals surface area contributed by atoms with Crippen molar-refractivity contribution in [1.29, 1.82) is 0 Å². The largest absolute Gasteiger partial charge is 0.453 e. The molecule has 0 spiro atoms. The Morgan fingerprint density at radius 2 is 1.94 bits per heavy atom. The molecule has 2 atom stereocenters. The maximum Gasteiger partial charge on any atom is 0.453 e. The van der Waals surface area contributed by atoms with Gasteiger partial charge in [0.2, 0.25) is 0 Å². The molecule has 186 valence electrons. The number of carbonyl (C=O) groups excluding carboxylic acids is 2. The second-order valence-electron chi connectivity index (χ2n) is 9.60. The van der Waals surface area contributed by atoms with Gasteiger partial charge in [0.05, 0.1) is 17.3 Å². The standard InChI is InChI=1S/C23H30F3N5O3/c1-14-8-9-17(31-13-28-20(29-31)23(24,25)26)16(11-14)19(32)30-10-6-7-15(2)18(30)12-27-21(33)34-22(3,4)5/h8-9,11,13,15,18H,6-7,10,12H2,1-5H3,(H,27,33)/t15-,18?/m1/s1. The summed E-state index contributed by atoms with van der Waals surface area (Å²) in [5.41, 5.74) is 0.545. The summed E-state index contributed by atoms with van der Waals surface area (Å²) >= 11 is 0. The van der Waals surface area contributed by atoms with Gasteiger partial charge in [0.15, 0.2) is 0 Å². The van der Waals surface area contributed by atoms with Crippen molar-refractivity contribution < 1.29 is 27.5 Å². The molecule has 1 aromatic carbocycles. The lowest BCUT2D eigenvalue weighted by molar-refractivity contribution is -0.144. The molecule has 1 N–H and O–H groups in total. The summed E-state index contributed by atoms with van der Waals surface area (Å²) in [4.78, 5) is 30.9. The molecule has 11 heteroatoms. The Balaban J connectivity index is 1.88. The van der Waals surface area contributed by atoms with Gasteiger partial charge in [-0.2, -0.15) is 13.2 Å². The van der Waals surface area contributed by atoms with E-state index in [0.717, 1.165) is 29.4 Å². The third-order valence-corrected chi connectivity index (χ3v) is 5.61. The minimum absolute atomic E-state index is 0.101. The quantitative estimate of drug-likeness (QED) is 0.701. The fourth-order valence-corrected chi connectivity index (χ4v) is 4.00. The van der Waals surface area contributed by atoms with Crippen LogP contribution in [0.1, 0.15) is 62.3 Å². The Morgan fingerprint density at radius 1 is 1.24 bits per heavy atom. The zero-order valence-corrected chi connectivity index (χ0v) is 19.9. The number of piperidine rings is 1. The van der Waals surface area contributed by atoms with Gasteiger partial charge in [-0.25, -0.2) is 14.5 Å². The Morgan fingerprint density at radius 3 is 2.56 bits per heavy atom. The van der Waals surface area contributed by atoms with Crippen LogP contribution >= 0.6 is 0 Å². The molecule has 0 bridgehead atoms. The van der Waals surface area contributed by atoms with Crippen LogP contribution in [0.4, 0.5) is 18.0 Å². The molecule has 0 saturated carbocycles. The van der Waals surface area contributed by atoms with E-state index in [-0.39, 0.29) is 35.7 Å². The number of hydrogen-bond acceptors (Lipinski definition) is 5. The molecule has 2 aromatic rings. The van der Waals surface area contributed by atoms with Crippen LogP contribution in [-0.2, 0) is 10.9 Å². The minimum atomic E-state index is -4.69. The van der Waals surface area contributed by atoms with E-state index >= 15 is 0 Å². The second kappa shape index (κ2) is 9.63.